The Morgan fingerprint density at radius 3 is 2.83 bits per heavy atom. The molecule has 0 radical (unpaired) electrons. The van der Waals surface area contributed by atoms with Crippen molar-refractivity contribution in [3.8, 4) is 0 Å². The van der Waals surface area contributed by atoms with Crippen molar-refractivity contribution in [1.29, 1.82) is 0 Å². The van der Waals surface area contributed by atoms with E-state index in [0.717, 1.165) is 18.7 Å². The summed E-state index contributed by atoms with van der Waals surface area (Å²) in [5.41, 5.74) is 0. The van der Waals surface area contributed by atoms with Crippen molar-refractivity contribution < 1.29 is 8.42 Å². The van der Waals surface area contributed by atoms with E-state index in [1.807, 2.05) is 10.6 Å². The van der Waals surface area contributed by atoms with Gasteiger partial charge in [0.1, 0.15) is 5.82 Å². The van der Waals surface area contributed by atoms with E-state index in [-0.39, 0.29) is 5.92 Å². The lowest BCUT2D eigenvalue weighted by molar-refractivity contribution is 0.305. The van der Waals surface area contributed by atoms with Crippen molar-refractivity contribution in [1.82, 2.24) is 19.1 Å². The van der Waals surface area contributed by atoms with Crippen LogP contribution < -0.4 is 0 Å². The molecule has 8 heteroatoms. The molecule has 0 aliphatic carbocycles. The zero-order chi connectivity index (χ0) is 17.2. The van der Waals surface area contributed by atoms with Gasteiger partial charge in [0, 0.05) is 25.6 Å². The maximum absolute atomic E-state index is 12.8. The lowest BCUT2D eigenvalue weighted by atomic mass is 9.99. The molecule has 3 rings (SSSR count). The van der Waals surface area contributed by atoms with Crippen LogP contribution in [-0.2, 0) is 16.6 Å². The SMILES string of the molecule is C=CCn1c(C2CCCN(S(=O)(=O)c3ccccc3)C2)n[nH]c1=S. The minimum atomic E-state index is -3.48. The summed E-state index contributed by atoms with van der Waals surface area (Å²) in [6, 6.07) is 8.55. The standard InChI is InChI=1S/C16H20N4O2S2/c1-2-10-20-15(17-18-16(20)23)13-7-6-11-19(12-13)24(21,22)14-8-4-3-5-9-14/h2-5,8-9,13H,1,6-7,10-12H2,(H,18,23). The average molecular weight is 364 g/mol. The van der Waals surface area contributed by atoms with E-state index >= 15 is 0 Å². The van der Waals surface area contributed by atoms with E-state index in [1.165, 1.54) is 0 Å². The largest absolute Gasteiger partial charge is 0.300 e. The van der Waals surface area contributed by atoms with Gasteiger partial charge in [0.2, 0.25) is 10.0 Å². The Kier molecular flexibility index (Phi) is 4.98. The summed E-state index contributed by atoms with van der Waals surface area (Å²) in [6.07, 6.45) is 3.44. The molecule has 1 aromatic carbocycles. The first kappa shape index (κ1) is 17.1. The Hall–Kier alpha value is -1.77. The van der Waals surface area contributed by atoms with Crippen molar-refractivity contribution in [3.63, 3.8) is 0 Å². The highest BCUT2D eigenvalue weighted by Crippen LogP contribution is 2.29. The van der Waals surface area contributed by atoms with Gasteiger partial charge in [-0.15, -0.1) is 6.58 Å². The highest BCUT2D eigenvalue weighted by atomic mass is 32.2. The molecule has 2 aromatic rings. The zero-order valence-electron chi connectivity index (χ0n) is 13.3. The number of nitrogens with one attached hydrogen (secondary N) is 1. The van der Waals surface area contributed by atoms with Crippen LogP contribution in [0.4, 0.5) is 0 Å². The predicted octanol–water partition coefficient (Wildman–Crippen LogP) is 2.69. The van der Waals surface area contributed by atoms with Crippen molar-refractivity contribution >= 4 is 22.2 Å². The smallest absolute Gasteiger partial charge is 0.243 e. The highest BCUT2D eigenvalue weighted by Gasteiger charge is 2.32. The zero-order valence-corrected chi connectivity index (χ0v) is 14.9. The number of sulfonamides is 1. The topological polar surface area (TPSA) is 71.0 Å². The van der Waals surface area contributed by atoms with Crippen LogP contribution in [0.3, 0.4) is 0 Å². The van der Waals surface area contributed by atoms with E-state index < -0.39 is 10.0 Å². The molecule has 1 aromatic heterocycles. The first-order valence-electron chi connectivity index (χ1n) is 7.85. The van der Waals surface area contributed by atoms with Gasteiger partial charge in [0.15, 0.2) is 4.77 Å². The number of piperidine rings is 1. The lowest BCUT2D eigenvalue weighted by Crippen LogP contribution is -2.39. The van der Waals surface area contributed by atoms with Gasteiger partial charge in [-0.1, -0.05) is 24.3 Å². The first-order valence-corrected chi connectivity index (χ1v) is 9.70. The lowest BCUT2D eigenvalue weighted by Gasteiger charge is -2.31. The Morgan fingerprint density at radius 1 is 1.38 bits per heavy atom. The number of rotatable bonds is 5. The minimum absolute atomic E-state index is 0.0186. The van der Waals surface area contributed by atoms with Crippen molar-refractivity contribution in [2.24, 2.45) is 0 Å². The van der Waals surface area contributed by atoms with Crippen LogP contribution in [0, 0.1) is 4.77 Å². The van der Waals surface area contributed by atoms with Crippen LogP contribution in [0.5, 0.6) is 0 Å². The van der Waals surface area contributed by atoms with Crippen LogP contribution >= 0.6 is 12.2 Å². The quantitative estimate of drug-likeness (QED) is 0.654. The molecule has 0 spiro atoms. The highest BCUT2D eigenvalue weighted by molar-refractivity contribution is 7.89. The third-order valence-corrected chi connectivity index (χ3v) is 6.42. The number of nitrogens with zero attached hydrogens (tertiary/aromatic N) is 3. The summed E-state index contributed by atoms with van der Waals surface area (Å²) in [7, 11) is -3.48. The van der Waals surface area contributed by atoms with Crippen LogP contribution in [0.2, 0.25) is 0 Å². The number of H-pyrrole nitrogens is 1. The number of aromatic nitrogens is 3. The molecule has 0 saturated carbocycles. The summed E-state index contributed by atoms with van der Waals surface area (Å²) < 4.78 is 29.6. The van der Waals surface area contributed by atoms with Gasteiger partial charge in [-0.2, -0.15) is 9.40 Å². The monoisotopic (exact) mass is 364 g/mol. The molecule has 1 atom stereocenters. The molecule has 1 aliphatic rings. The van der Waals surface area contributed by atoms with Gasteiger partial charge in [-0.25, -0.2) is 8.42 Å². The fraction of sp³-hybridized carbons (Fsp3) is 0.375. The average Bonchev–Trinajstić information content (AvgIpc) is 2.97. The predicted molar refractivity (Wildman–Crippen MR) is 94.8 cm³/mol. The van der Waals surface area contributed by atoms with E-state index in [2.05, 4.69) is 16.8 Å². The molecule has 2 heterocycles. The number of benzene rings is 1. The number of hydrogen-bond donors (Lipinski definition) is 1. The summed E-state index contributed by atoms with van der Waals surface area (Å²) in [5.74, 6) is 0.818. The molecule has 0 amide bonds. The van der Waals surface area contributed by atoms with Crippen LogP contribution in [0.1, 0.15) is 24.6 Å². The van der Waals surface area contributed by atoms with E-state index in [4.69, 9.17) is 12.2 Å². The Labute approximate surface area is 146 Å². The number of hydrogen-bond acceptors (Lipinski definition) is 4. The second-order valence-corrected chi connectivity index (χ2v) is 8.13. The van der Waals surface area contributed by atoms with Gasteiger partial charge in [-0.3, -0.25) is 5.10 Å². The summed E-state index contributed by atoms with van der Waals surface area (Å²) >= 11 is 5.25. The second kappa shape index (κ2) is 7.00. The maximum atomic E-state index is 12.8. The molecular formula is C16H20N4O2S2. The summed E-state index contributed by atoms with van der Waals surface area (Å²) in [4.78, 5) is 0.329. The normalized spacial score (nSPS) is 19.2. The molecular weight excluding hydrogens is 344 g/mol. The van der Waals surface area contributed by atoms with E-state index in [0.29, 0.717) is 29.3 Å². The van der Waals surface area contributed by atoms with Crippen molar-refractivity contribution in [2.75, 3.05) is 13.1 Å². The molecule has 24 heavy (non-hydrogen) atoms. The molecule has 1 fully saturated rings. The van der Waals surface area contributed by atoms with Crippen molar-refractivity contribution in [2.45, 2.75) is 30.2 Å². The third kappa shape index (κ3) is 3.22. The Balaban J connectivity index is 1.88. The van der Waals surface area contributed by atoms with Gasteiger partial charge < -0.3 is 4.57 Å². The van der Waals surface area contributed by atoms with Crippen molar-refractivity contribution in [3.05, 3.63) is 53.6 Å². The molecule has 0 bridgehead atoms. The fourth-order valence-corrected chi connectivity index (χ4v) is 4.82. The van der Waals surface area contributed by atoms with Crippen LogP contribution in [0.25, 0.3) is 0 Å². The van der Waals surface area contributed by atoms with Gasteiger partial charge in [0.25, 0.3) is 0 Å². The molecule has 6 nitrogen and oxygen atoms in total. The fourth-order valence-electron chi connectivity index (χ4n) is 3.06. The second-order valence-electron chi connectivity index (χ2n) is 5.80. The van der Waals surface area contributed by atoms with E-state index in [1.54, 1.807) is 34.6 Å². The molecule has 1 aliphatic heterocycles. The van der Waals surface area contributed by atoms with Gasteiger partial charge >= 0.3 is 0 Å². The van der Waals surface area contributed by atoms with Gasteiger partial charge in [-0.05, 0) is 37.2 Å². The third-order valence-electron chi connectivity index (χ3n) is 4.23. The summed E-state index contributed by atoms with van der Waals surface area (Å²) in [6.45, 7) is 5.24. The maximum Gasteiger partial charge on any atom is 0.243 e. The van der Waals surface area contributed by atoms with Crippen LogP contribution in [-0.4, -0.2) is 40.6 Å². The number of aromatic amines is 1. The summed E-state index contributed by atoms with van der Waals surface area (Å²) in [5, 5.41) is 7.13. The molecule has 1 N–H and O–H groups in total. The molecule has 1 unspecified atom stereocenters. The molecule has 1 saturated heterocycles. The van der Waals surface area contributed by atoms with Crippen LogP contribution in [0.15, 0.2) is 47.9 Å². The van der Waals surface area contributed by atoms with Gasteiger partial charge in [0.05, 0.1) is 4.90 Å². The Bertz CT molecular complexity index is 871. The van der Waals surface area contributed by atoms with E-state index in [9.17, 15) is 8.42 Å². The molecule has 128 valence electrons. The first-order chi connectivity index (χ1) is 11.5. The number of allylic oxidation sites excluding steroid dienone is 1. The Morgan fingerprint density at radius 2 is 2.12 bits per heavy atom. The minimum Gasteiger partial charge on any atom is -0.300 e.